The average Bonchev–Trinajstić information content (AvgIpc) is 2.83. The van der Waals surface area contributed by atoms with Gasteiger partial charge in [-0.2, -0.15) is 0 Å². The summed E-state index contributed by atoms with van der Waals surface area (Å²) in [6, 6.07) is 15.6. The predicted molar refractivity (Wildman–Crippen MR) is 137 cm³/mol. The number of carbonyl (C=O) groups excluding carboxylic acids is 1. The zero-order chi connectivity index (χ0) is 25.4. The van der Waals surface area contributed by atoms with Gasteiger partial charge in [-0.15, -0.1) is 6.58 Å². The van der Waals surface area contributed by atoms with Gasteiger partial charge in [0.05, 0.1) is 11.7 Å². The lowest BCUT2D eigenvalue weighted by molar-refractivity contribution is -0.149. The third kappa shape index (κ3) is 7.64. The number of halogens is 1. The van der Waals surface area contributed by atoms with E-state index in [1.807, 2.05) is 49.1 Å². The van der Waals surface area contributed by atoms with Crippen molar-refractivity contribution in [2.24, 2.45) is 11.8 Å². The van der Waals surface area contributed by atoms with Crippen LogP contribution in [0, 0.1) is 17.7 Å². The van der Waals surface area contributed by atoms with E-state index in [9.17, 15) is 17.6 Å². The summed E-state index contributed by atoms with van der Waals surface area (Å²) in [6.45, 7) is 10.1. The summed E-state index contributed by atoms with van der Waals surface area (Å²) in [5.74, 6) is -1.67. The molecule has 2 unspecified atom stereocenters. The molecule has 0 spiro atoms. The van der Waals surface area contributed by atoms with Gasteiger partial charge in [-0.25, -0.2) is 12.8 Å². The highest BCUT2D eigenvalue weighted by Crippen LogP contribution is 2.23. The zero-order valence-corrected chi connectivity index (χ0v) is 21.3. The quantitative estimate of drug-likeness (QED) is 0.338. The lowest BCUT2D eigenvalue weighted by Crippen LogP contribution is -2.53. The van der Waals surface area contributed by atoms with E-state index in [2.05, 4.69) is 11.5 Å². The van der Waals surface area contributed by atoms with Gasteiger partial charge in [0.15, 0.2) is 9.84 Å². The number of piperazine rings is 1. The van der Waals surface area contributed by atoms with Crippen LogP contribution < -0.4 is 4.90 Å². The summed E-state index contributed by atoms with van der Waals surface area (Å²) in [4.78, 5) is 16.9. The second-order valence-electron chi connectivity index (χ2n) is 9.38. The number of hydrogen-bond acceptors (Lipinski definition) is 6. The van der Waals surface area contributed by atoms with Crippen molar-refractivity contribution >= 4 is 21.5 Å². The molecular weight excluding hydrogens is 467 g/mol. The van der Waals surface area contributed by atoms with Gasteiger partial charge in [-0.3, -0.25) is 9.69 Å². The Bertz CT molecular complexity index is 1070. The minimum atomic E-state index is -3.69. The molecular formula is C27H35FN2O4S. The van der Waals surface area contributed by atoms with Crippen LogP contribution in [0.1, 0.15) is 25.8 Å². The number of carbonyl (C=O) groups is 1. The standard InChI is InChI=1S/C27H35FN2O4S/c1-4-26(30-16-14-29(15-17-30)25-12-10-24(28)11-13-25)35(32,33)20-23(18-21(2)3)27(31)34-19-22-8-6-5-7-9-22/h4-13,21,23,26H,1,14-20H2,2-3H3. The van der Waals surface area contributed by atoms with Gasteiger partial charge in [-0.05, 0) is 42.2 Å². The van der Waals surface area contributed by atoms with E-state index in [1.165, 1.54) is 18.2 Å². The second kappa shape index (κ2) is 12.3. The Balaban J connectivity index is 1.64. The van der Waals surface area contributed by atoms with E-state index in [0.717, 1.165) is 11.3 Å². The van der Waals surface area contributed by atoms with Crippen LogP contribution in [0.5, 0.6) is 0 Å². The smallest absolute Gasteiger partial charge is 0.310 e. The number of hydrogen-bond donors (Lipinski definition) is 0. The SMILES string of the molecule is C=CC(N1CCN(c2ccc(F)cc2)CC1)S(=O)(=O)CC(CC(C)C)C(=O)OCc1ccccc1. The van der Waals surface area contributed by atoms with Crippen LogP contribution in [0.2, 0.25) is 0 Å². The minimum Gasteiger partial charge on any atom is -0.461 e. The van der Waals surface area contributed by atoms with Crippen molar-refractivity contribution in [3.8, 4) is 0 Å². The molecule has 8 heteroatoms. The normalized spacial score (nSPS) is 16.6. The van der Waals surface area contributed by atoms with E-state index >= 15 is 0 Å². The molecule has 3 rings (SSSR count). The van der Waals surface area contributed by atoms with Crippen molar-refractivity contribution in [2.75, 3.05) is 36.8 Å². The molecule has 0 radical (unpaired) electrons. The molecule has 0 saturated carbocycles. The Morgan fingerprint density at radius 3 is 2.26 bits per heavy atom. The van der Waals surface area contributed by atoms with Crippen LogP contribution in [0.3, 0.4) is 0 Å². The maximum atomic E-state index is 13.4. The molecule has 2 atom stereocenters. The number of esters is 1. The van der Waals surface area contributed by atoms with Gasteiger partial charge >= 0.3 is 5.97 Å². The number of sulfone groups is 1. The van der Waals surface area contributed by atoms with E-state index < -0.39 is 27.1 Å². The van der Waals surface area contributed by atoms with E-state index in [0.29, 0.717) is 32.6 Å². The third-order valence-electron chi connectivity index (χ3n) is 6.18. The zero-order valence-electron chi connectivity index (χ0n) is 20.5. The minimum absolute atomic E-state index is 0.116. The van der Waals surface area contributed by atoms with Crippen molar-refractivity contribution < 1.29 is 22.3 Å². The maximum absolute atomic E-state index is 13.4. The number of anilines is 1. The van der Waals surface area contributed by atoms with Gasteiger partial charge in [-0.1, -0.05) is 50.3 Å². The lowest BCUT2D eigenvalue weighted by Gasteiger charge is -2.39. The Morgan fingerprint density at radius 2 is 1.69 bits per heavy atom. The molecule has 0 aliphatic carbocycles. The molecule has 1 aliphatic rings. The predicted octanol–water partition coefficient (Wildman–Crippen LogP) is 4.28. The molecule has 1 aliphatic heterocycles. The highest BCUT2D eigenvalue weighted by molar-refractivity contribution is 7.92. The van der Waals surface area contributed by atoms with Crippen molar-refractivity contribution in [3.05, 3.63) is 78.6 Å². The monoisotopic (exact) mass is 502 g/mol. The van der Waals surface area contributed by atoms with Crippen LogP contribution in [0.15, 0.2) is 67.3 Å². The molecule has 6 nitrogen and oxygen atoms in total. The van der Waals surface area contributed by atoms with Gasteiger partial charge in [0, 0.05) is 31.9 Å². The molecule has 0 amide bonds. The van der Waals surface area contributed by atoms with Gasteiger partial charge in [0.2, 0.25) is 0 Å². The van der Waals surface area contributed by atoms with Crippen LogP contribution in [0.25, 0.3) is 0 Å². The number of ether oxygens (including phenoxy) is 1. The van der Waals surface area contributed by atoms with Crippen molar-refractivity contribution in [3.63, 3.8) is 0 Å². The molecule has 35 heavy (non-hydrogen) atoms. The molecule has 0 N–H and O–H groups in total. The molecule has 0 bridgehead atoms. The number of benzene rings is 2. The average molecular weight is 503 g/mol. The summed E-state index contributed by atoms with van der Waals surface area (Å²) in [6.07, 6.45) is 1.87. The Kier molecular flexibility index (Phi) is 9.46. The molecule has 1 heterocycles. The Hall–Kier alpha value is -2.71. The molecule has 2 aromatic carbocycles. The van der Waals surface area contributed by atoms with E-state index in [-0.39, 0.29) is 24.1 Å². The lowest BCUT2D eigenvalue weighted by atomic mass is 9.99. The van der Waals surface area contributed by atoms with Crippen molar-refractivity contribution in [2.45, 2.75) is 32.2 Å². The second-order valence-corrected chi connectivity index (χ2v) is 11.5. The van der Waals surface area contributed by atoms with E-state index in [1.54, 1.807) is 12.1 Å². The van der Waals surface area contributed by atoms with Gasteiger partial charge in [0.1, 0.15) is 17.8 Å². The first-order chi connectivity index (χ1) is 16.7. The summed E-state index contributed by atoms with van der Waals surface area (Å²) < 4.78 is 45.6. The summed E-state index contributed by atoms with van der Waals surface area (Å²) in [5.41, 5.74) is 1.76. The molecule has 1 fully saturated rings. The summed E-state index contributed by atoms with van der Waals surface area (Å²) >= 11 is 0. The van der Waals surface area contributed by atoms with Crippen molar-refractivity contribution in [1.82, 2.24) is 4.90 Å². The molecule has 190 valence electrons. The highest BCUT2D eigenvalue weighted by atomic mass is 32.2. The Labute approximate surface area is 208 Å². The van der Waals surface area contributed by atoms with Gasteiger partial charge in [0.25, 0.3) is 0 Å². The fourth-order valence-corrected chi connectivity index (χ4v) is 6.42. The highest BCUT2D eigenvalue weighted by Gasteiger charge is 2.36. The largest absolute Gasteiger partial charge is 0.461 e. The van der Waals surface area contributed by atoms with Crippen LogP contribution in [-0.4, -0.2) is 56.6 Å². The van der Waals surface area contributed by atoms with Crippen LogP contribution >= 0.6 is 0 Å². The third-order valence-corrected chi connectivity index (χ3v) is 8.28. The summed E-state index contributed by atoms with van der Waals surface area (Å²) in [5, 5.41) is -0.880. The fraction of sp³-hybridized carbons (Fsp3) is 0.444. The van der Waals surface area contributed by atoms with Crippen molar-refractivity contribution in [1.29, 1.82) is 0 Å². The summed E-state index contributed by atoms with van der Waals surface area (Å²) in [7, 11) is -3.69. The van der Waals surface area contributed by atoms with Crippen LogP contribution in [-0.2, 0) is 26.0 Å². The first kappa shape index (κ1) is 26.9. The molecule has 0 aromatic heterocycles. The Morgan fingerprint density at radius 1 is 1.06 bits per heavy atom. The first-order valence-corrected chi connectivity index (χ1v) is 13.7. The first-order valence-electron chi connectivity index (χ1n) is 12.0. The fourth-order valence-electron chi connectivity index (χ4n) is 4.44. The molecule has 1 saturated heterocycles. The van der Waals surface area contributed by atoms with E-state index in [4.69, 9.17) is 4.74 Å². The number of rotatable bonds is 11. The topological polar surface area (TPSA) is 66.9 Å². The number of nitrogens with zero attached hydrogens (tertiary/aromatic N) is 2. The molecule has 2 aromatic rings. The van der Waals surface area contributed by atoms with Gasteiger partial charge < -0.3 is 9.64 Å². The maximum Gasteiger partial charge on any atom is 0.310 e. The van der Waals surface area contributed by atoms with Crippen LogP contribution in [0.4, 0.5) is 10.1 Å².